The fourth-order valence-corrected chi connectivity index (χ4v) is 2.04. The smallest absolute Gasteiger partial charge is 0.374 e. The number of phenolic OH excluding ortho intramolecular Hbond substituents is 1. The Morgan fingerprint density at radius 3 is 2.55 bits per heavy atom. The van der Waals surface area contributed by atoms with Crippen LogP contribution in [0, 0.1) is 0 Å². The van der Waals surface area contributed by atoms with Crippen molar-refractivity contribution in [3.8, 4) is 28.5 Å². The number of carboxylic acids is 1. The first-order valence-electron chi connectivity index (χ1n) is 5.33. The van der Waals surface area contributed by atoms with Crippen molar-refractivity contribution in [3.63, 3.8) is 0 Å². The maximum atomic E-state index is 10.8. The van der Waals surface area contributed by atoms with Crippen LogP contribution in [0.5, 0.6) is 17.2 Å². The highest BCUT2D eigenvalue weighted by Gasteiger charge is 2.23. The van der Waals surface area contributed by atoms with Gasteiger partial charge in [-0.25, -0.2) is 4.79 Å². The summed E-state index contributed by atoms with van der Waals surface area (Å²) in [5.74, 6) is -1.45. The summed E-state index contributed by atoms with van der Waals surface area (Å²) in [5, 5.41) is 22.4. The summed E-state index contributed by atoms with van der Waals surface area (Å²) in [6.07, 6.45) is 0. The number of phenols is 1. The molecule has 1 aromatic carbocycles. The second-order valence-corrected chi connectivity index (χ2v) is 4.08. The molecule has 7 nitrogen and oxygen atoms in total. The number of aromatic nitrogens is 1. The summed E-state index contributed by atoms with van der Waals surface area (Å²) in [4.78, 5) is 10.8. The van der Waals surface area contributed by atoms with Crippen molar-refractivity contribution in [1.29, 1.82) is 0 Å². The summed E-state index contributed by atoms with van der Waals surface area (Å²) < 4.78 is 14.7. The van der Waals surface area contributed by atoms with Crippen molar-refractivity contribution >= 4 is 17.6 Å². The van der Waals surface area contributed by atoms with Crippen LogP contribution in [0.25, 0.3) is 11.3 Å². The van der Waals surface area contributed by atoms with Crippen molar-refractivity contribution in [3.05, 3.63) is 22.9 Å². The van der Waals surface area contributed by atoms with E-state index in [0.29, 0.717) is 0 Å². The van der Waals surface area contributed by atoms with E-state index in [0.717, 1.165) is 6.07 Å². The highest BCUT2D eigenvalue weighted by atomic mass is 35.5. The molecule has 0 unspecified atom stereocenters. The Labute approximate surface area is 118 Å². The molecule has 106 valence electrons. The first-order valence-corrected chi connectivity index (χ1v) is 5.71. The number of nitrogens with zero attached hydrogens (tertiary/aromatic N) is 1. The summed E-state index contributed by atoms with van der Waals surface area (Å²) >= 11 is 6.13. The molecule has 0 fully saturated rings. The molecule has 0 saturated carbocycles. The van der Waals surface area contributed by atoms with E-state index in [1.54, 1.807) is 0 Å². The van der Waals surface area contributed by atoms with Gasteiger partial charge in [0.25, 0.3) is 0 Å². The number of methoxy groups -OCH3 is 2. The number of benzene rings is 1. The fourth-order valence-electron chi connectivity index (χ4n) is 1.68. The SMILES string of the molecule is COc1cc(O)c(-c2cc(C(=O)O)on2)c(Cl)c1OC. The van der Waals surface area contributed by atoms with Gasteiger partial charge in [0.05, 0.1) is 24.8 Å². The van der Waals surface area contributed by atoms with E-state index < -0.39 is 5.97 Å². The third-order valence-electron chi connectivity index (χ3n) is 2.57. The number of carboxylic acid groups (broad SMARTS) is 1. The molecule has 0 spiro atoms. The van der Waals surface area contributed by atoms with Gasteiger partial charge in [0.1, 0.15) is 11.4 Å². The fraction of sp³-hybridized carbons (Fsp3) is 0.167. The minimum Gasteiger partial charge on any atom is -0.507 e. The Hall–Kier alpha value is -2.41. The van der Waals surface area contributed by atoms with Gasteiger partial charge in [-0.05, 0) is 0 Å². The van der Waals surface area contributed by atoms with Crippen molar-refractivity contribution in [2.75, 3.05) is 14.2 Å². The number of ether oxygens (including phenoxy) is 2. The molecule has 1 heterocycles. The predicted octanol–water partition coefficient (Wildman–Crippen LogP) is 2.42. The third-order valence-corrected chi connectivity index (χ3v) is 2.93. The van der Waals surface area contributed by atoms with Gasteiger partial charge in [0.2, 0.25) is 5.76 Å². The second kappa shape index (κ2) is 5.30. The molecule has 0 amide bonds. The summed E-state index contributed by atoms with van der Waals surface area (Å²) in [7, 11) is 2.78. The van der Waals surface area contributed by atoms with Crippen LogP contribution in [0.4, 0.5) is 0 Å². The highest BCUT2D eigenvalue weighted by molar-refractivity contribution is 6.35. The Balaban J connectivity index is 2.64. The Kier molecular flexibility index (Phi) is 3.71. The van der Waals surface area contributed by atoms with Crippen molar-refractivity contribution in [1.82, 2.24) is 5.16 Å². The third kappa shape index (κ3) is 2.23. The van der Waals surface area contributed by atoms with E-state index in [9.17, 15) is 9.90 Å². The van der Waals surface area contributed by atoms with E-state index in [-0.39, 0.29) is 39.3 Å². The Morgan fingerprint density at radius 1 is 1.35 bits per heavy atom. The molecule has 0 bridgehead atoms. The second-order valence-electron chi connectivity index (χ2n) is 3.70. The number of carbonyl (C=O) groups is 1. The molecule has 0 radical (unpaired) electrons. The van der Waals surface area contributed by atoms with Crippen molar-refractivity contribution < 1.29 is 29.0 Å². The molecular weight excluding hydrogens is 290 g/mol. The minimum atomic E-state index is -1.28. The predicted molar refractivity (Wildman–Crippen MR) is 68.7 cm³/mol. The average Bonchev–Trinajstić information content (AvgIpc) is 2.87. The van der Waals surface area contributed by atoms with Crippen LogP contribution in [0.3, 0.4) is 0 Å². The zero-order valence-corrected chi connectivity index (χ0v) is 11.3. The number of rotatable bonds is 4. The van der Waals surface area contributed by atoms with Gasteiger partial charge >= 0.3 is 5.97 Å². The summed E-state index contributed by atoms with van der Waals surface area (Å²) in [6, 6.07) is 2.43. The largest absolute Gasteiger partial charge is 0.507 e. The maximum Gasteiger partial charge on any atom is 0.374 e. The normalized spacial score (nSPS) is 10.3. The standard InChI is InChI=1S/C12H10ClNO6/c1-18-7-4-6(15)9(10(13)11(7)19-2)5-3-8(12(16)17)20-14-5/h3-4,15H,1-2H3,(H,16,17). The molecule has 8 heteroatoms. The molecule has 1 aromatic heterocycles. The van der Waals surface area contributed by atoms with Crippen LogP contribution in [0.2, 0.25) is 5.02 Å². The maximum absolute atomic E-state index is 10.8. The van der Waals surface area contributed by atoms with Gasteiger partial charge in [-0.15, -0.1) is 0 Å². The molecular formula is C12H10ClNO6. The van der Waals surface area contributed by atoms with E-state index >= 15 is 0 Å². The van der Waals surface area contributed by atoms with Crippen LogP contribution in [0.15, 0.2) is 16.7 Å². The first kappa shape index (κ1) is 14.0. The number of aromatic carboxylic acids is 1. The minimum absolute atomic E-state index is 0.0367. The van der Waals surface area contributed by atoms with Gasteiger partial charge in [-0.2, -0.15) is 0 Å². The lowest BCUT2D eigenvalue weighted by atomic mass is 10.1. The number of halogens is 1. The average molecular weight is 300 g/mol. The van der Waals surface area contributed by atoms with E-state index in [1.807, 2.05) is 0 Å². The van der Waals surface area contributed by atoms with Gasteiger partial charge < -0.3 is 24.2 Å². The lowest BCUT2D eigenvalue weighted by Gasteiger charge is -2.13. The molecule has 0 atom stereocenters. The molecule has 20 heavy (non-hydrogen) atoms. The molecule has 0 aliphatic rings. The molecule has 0 saturated heterocycles. The van der Waals surface area contributed by atoms with E-state index in [2.05, 4.69) is 9.68 Å². The topological polar surface area (TPSA) is 102 Å². The van der Waals surface area contributed by atoms with Crippen LogP contribution >= 0.6 is 11.6 Å². The van der Waals surface area contributed by atoms with Gasteiger partial charge in [-0.3, -0.25) is 0 Å². The van der Waals surface area contributed by atoms with Crippen molar-refractivity contribution in [2.24, 2.45) is 0 Å². The summed E-state index contributed by atoms with van der Waals surface area (Å²) in [6.45, 7) is 0. The molecule has 2 aromatic rings. The number of hydrogen-bond acceptors (Lipinski definition) is 6. The Morgan fingerprint density at radius 2 is 2.05 bits per heavy atom. The monoisotopic (exact) mass is 299 g/mol. The van der Waals surface area contributed by atoms with Crippen LogP contribution in [-0.4, -0.2) is 35.6 Å². The van der Waals surface area contributed by atoms with Gasteiger partial charge in [-0.1, -0.05) is 16.8 Å². The van der Waals surface area contributed by atoms with Crippen LogP contribution < -0.4 is 9.47 Å². The number of hydrogen-bond donors (Lipinski definition) is 2. The first-order chi connectivity index (χ1) is 9.49. The zero-order valence-electron chi connectivity index (χ0n) is 10.5. The van der Waals surface area contributed by atoms with Crippen LogP contribution in [0.1, 0.15) is 10.6 Å². The highest BCUT2D eigenvalue weighted by Crippen LogP contribution is 2.46. The lowest BCUT2D eigenvalue weighted by molar-refractivity contribution is 0.0652. The molecule has 0 aliphatic carbocycles. The number of aromatic hydroxyl groups is 1. The van der Waals surface area contributed by atoms with E-state index in [1.165, 1.54) is 20.3 Å². The van der Waals surface area contributed by atoms with Crippen molar-refractivity contribution in [2.45, 2.75) is 0 Å². The van der Waals surface area contributed by atoms with Gasteiger partial charge in [0, 0.05) is 12.1 Å². The van der Waals surface area contributed by atoms with Crippen LogP contribution in [-0.2, 0) is 0 Å². The zero-order chi connectivity index (χ0) is 14.9. The Bertz CT molecular complexity index is 666. The summed E-state index contributed by atoms with van der Waals surface area (Å²) in [5.41, 5.74) is 0.173. The lowest BCUT2D eigenvalue weighted by Crippen LogP contribution is -1.94. The van der Waals surface area contributed by atoms with Gasteiger partial charge in [0.15, 0.2) is 11.5 Å². The van der Waals surface area contributed by atoms with E-state index in [4.69, 9.17) is 26.2 Å². The molecule has 0 aliphatic heterocycles. The molecule has 2 rings (SSSR count). The quantitative estimate of drug-likeness (QED) is 0.893. The molecule has 2 N–H and O–H groups in total.